The number of rotatable bonds is 2. The molecule has 0 atom stereocenters. The molecule has 0 unspecified atom stereocenters. The van der Waals surface area contributed by atoms with Gasteiger partial charge in [0.1, 0.15) is 11.6 Å². The van der Waals surface area contributed by atoms with Crippen LogP contribution in [0.2, 0.25) is 0 Å². The average molecular weight is 228 g/mol. The molecule has 84 valence electrons. The molecule has 1 aromatic carbocycles. The van der Waals surface area contributed by atoms with Crippen molar-refractivity contribution in [3.05, 3.63) is 53.5 Å². The molecule has 2 aromatic rings. The van der Waals surface area contributed by atoms with Crippen molar-refractivity contribution in [1.29, 1.82) is 5.26 Å². The molecule has 0 aliphatic rings. The molecule has 0 aliphatic heterocycles. The number of aryl methyl sites for hydroxylation is 1. The number of halogens is 1. The Morgan fingerprint density at radius 3 is 2.82 bits per heavy atom. The quantitative estimate of drug-likeness (QED) is 0.792. The fraction of sp³-hybridized carbons (Fsp3) is 0.0769. The van der Waals surface area contributed by atoms with Crippen LogP contribution in [0.25, 0.3) is 0 Å². The zero-order valence-electron chi connectivity index (χ0n) is 9.14. The number of hydrogen-bond donors (Lipinski definition) is 0. The SMILES string of the molecule is Cc1ccc(Oc2cc(C#N)ccn2)cc1F. The van der Waals surface area contributed by atoms with E-state index >= 15 is 0 Å². The van der Waals surface area contributed by atoms with Crippen molar-refractivity contribution >= 4 is 0 Å². The summed E-state index contributed by atoms with van der Waals surface area (Å²) in [6, 6.07) is 9.61. The van der Waals surface area contributed by atoms with Crippen LogP contribution in [0.15, 0.2) is 36.5 Å². The first-order valence-corrected chi connectivity index (χ1v) is 4.99. The summed E-state index contributed by atoms with van der Waals surface area (Å²) in [4.78, 5) is 3.94. The Bertz CT molecular complexity index is 590. The second kappa shape index (κ2) is 4.62. The standard InChI is InChI=1S/C13H9FN2O/c1-9-2-3-11(7-12(9)14)17-13-6-10(8-15)4-5-16-13/h2-7H,1H3. The second-order valence-electron chi connectivity index (χ2n) is 3.51. The van der Waals surface area contributed by atoms with Crippen molar-refractivity contribution < 1.29 is 9.13 Å². The third-order valence-corrected chi connectivity index (χ3v) is 2.23. The Hall–Kier alpha value is -2.41. The lowest BCUT2D eigenvalue weighted by atomic mass is 10.2. The summed E-state index contributed by atoms with van der Waals surface area (Å²) < 4.78 is 18.6. The Morgan fingerprint density at radius 2 is 2.12 bits per heavy atom. The van der Waals surface area contributed by atoms with E-state index in [1.165, 1.54) is 18.3 Å². The Labute approximate surface area is 98.1 Å². The lowest BCUT2D eigenvalue weighted by Crippen LogP contribution is -1.90. The van der Waals surface area contributed by atoms with Crippen molar-refractivity contribution in [1.82, 2.24) is 4.98 Å². The number of hydrogen-bond acceptors (Lipinski definition) is 3. The molecule has 1 heterocycles. The fourth-order valence-electron chi connectivity index (χ4n) is 1.29. The Morgan fingerprint density at radius 1 is 1.29 bits per heavy atom. The summed E-state index contributed by atoms with van der Waals surface area (Å²) in [6.07, 6.45) is 1.47. The van der Waals surface area contributed by atoms with E-state index < -0.39 is 0 Å². The zero-order chi connectivity index (χ0) is 12.3. The van der Waals surface area contributed by atoms with Crippen LogP contribution < -0.4 is 4.74 Å². The third-order valence-electron chi connectivity index (χ3n) is 2.23. The van der Waals surface area contributed by atoms with Crippen LogP contribution in [-0.4, -0.2) is 4.98 Å². The predicted molar refractivity (Wildman–Crippen MR) is 60.2 cm³/mol. The van der Waals surface area contributed by atoms with Crippen LogP contribution >= 0.6 is 0 Å². The van der Waals surface area contributed by atoms with E-state index in [1.807, 2.05) is 6.07 Å². The van der Waals surface area contributed by atoms with Crippen LogP contribution in [0, 0.1) is 24.1 Å². The first-order valence-electron chi connectivity index (χ1n) is 4.99. The highest BCUT2D eigenvalue weighted by Gasteiger charge is 2.03. The van der Waals surface area contributed by atoms with E-state index in [0.717, 1.165) is 0 Å². The van der Waals surface area contributed by atoms with Gasteiger partial charge in [0.05, 0.1) is 11.6 Å². The van der Waals surface area contributed by atoms with Crippen molar-refractivity contribution in [2.24, 2.45) is 0 Å². The second-order valence-corrected chi connectivity index (χ2v) is 3.51. The smallest absolute Gasteiger partial charge is 0.220 e. The molecular formula is C13H9FN2O. The van der Waals surface area contributed by atoms with Gasteiger partial charge in [0.2, 0.25) is 5.88 Å². The van der Waals surface area contributed by atoms with Crippen molar-refractivity contribution in [3.8, 4) is 17.7 Å². The highest BCUT2D eigenvalue weighted by atomic mass is 19.1. The summed E-state index contributed by atoms with van der Waals surface area (Å²) >= 11 is 0. The molecule has 0 bridgehead atoms. The summed E-state index contributed by atoms with van der Waals surface area (Å²) in [5, 5.41) is 8.72. The number of pyridine rings is 1. The maximum absolute atomic E-state index is 13.3. The minimum Gasteiger partial charge on any atom is -0.439 e. The molecule has 0 saturated carbocycles. The van der Waals surface area contributed by atoms with Crippen LogP contribution in [0.1, 0.15) is 11.1 Å². The summed E-state index contributed by atoms with van der Waals surface area (Å²) in [6.45, 7) is 1.67. The van der Waals surface area contributed by atoms with Gasteiger partial charge < -0.3 is 4.74 Å². The van der Waals surface area contributed by atoms with Gasteiger partial charge in [0.25, 0.3) is 0 Å². The maximum Gasteiger partial charge on any atom is 0.220 e. The van der Waals surface area contributed by atoms with Gasteiger partial charge in [0.15, 0.2) is 0 Å². The topological polar surface area (TPSA) is 45.9 Å². The number of nitriles is 1. The molecule has 0 spiro atoms. The van der Waals surface area contributed by atoms with Gasteiger partial charge in [-0.25, -0.2) is 9.37 Å². The summed E-state index contributed by atoms with van der Waals surface area (Å²) in [5.74, 6) is 0.293. The molecule has 1 aromatic heterocycles. The van der Waals surface area contributed by atoms with Crippen LogP contribution in [0.4, 0.5) is 4.39 Å². The van der Waals surface area contributed by atoms with E-state index in [-0.39, 0.29) is 11.7 Å². The van der Waals surface area contributed by atoms with E-state index in [1.54, 1.807) is 25.1 Å². The first-order chi connectivity index (χ1) is 8.19. The van der Waals surface area contributed by atoms with Crippen LogP contribution in [-0.2, 0) is 0 Å². The van der Waals surface area contributed by atoms with Crippen molar-refractivity contribution in [2.75, 3.05) is 0 Å². The van der Waals surface area contributed by atoms with Crippen LogP contribution in [0.3, 0.4) is 0 Å². The van der Waals surface area contributed by atoms with E-state index in [4.69, 9.17) is 10.00 Å². The van der Waals surface area contributed by atoms with Gasteiger partial charge in [-0.2, -0.15) is 5.26 Å². The number of ether oxygens (including phenoxy) is 1. The first kappa shape index (κ1) is 11.1. The van der Waals surface area contributed by atoms with Gasteiger partial charge in [-0.3, -0.25) is 0 Å². The van der Waals surface area contributed by atoms with E-state index in [9.17, 15) is 4.39 Å². The molecule has 0 aliphatic carbocycles. The number of benzene rings is 1. The molecule has 0 radical (unpaired) electrons. The predicted octanol–water partition coefficient (Wildman–Crippen LogP) is 3.19. The molecule has 0 N–H and O–H groups in total. The molecule has 0 amide bonds. The van der Waals surface area contributed by atoms with Crippen molar-refractivity contribution in [2.45, 2.75) is 6.92 Å². The molecule has 0 saturated heterocycles. The molecule has 0 fully saturated rings. The Balaban J connectivity index is 2.25. The molecule has 4 heteroatoms. The fourth-order valence-corrected chi connectivity index (χ4v) is 1.29. The van der Waals surface area contributed by atoms with Gasteiger partial charge in [0, 0.05) is 18.3 Å². The van der Waals surface area contributed by atoms with Gasteiger partial charge in [-0.1, -0.05) is 6.07 Å². The molecule has 2 rings (SSSR count). The normalized spacial score (nSPS) is 9.71. The van der Waals surface area contributed by atoms with Gasteiger partial charge in [-0.05, 0) is 24.6 Å². The largest absolute Gasteiger partial charge is 0.439 e. The third kappa shape index (κ3) is 2.58. The van der Waals surface area contributed by atoms with E-state index in [0.29, 0.717) is 16.9 Å². The summed E-state index contributed by atoms with van der Waals surface area (Å²) in [7, 11) is 0. The number of aromatic nitrogens is 1. The lowest BCUT2D eigenvalue weighted by molar-refractivity contribution is 0.457. The molecule has 17 heavy (non-hydrogen) atoms. The monoisotopic (exact) mass is 228 g/mol. The average Bonchev–Trinajstić information content (AvgIpc) is 2.34. The number of nitrogens with zero attached hydrogens (tertiary/aromatic N) is 2. The lowest BCUT2D eigenvalue weighted by Gasteiger charge is -2.05. The van der Waals surface area contributed by atoms with Gasteiger partial charge >= 0.3 is 0 Å². The van der Waals surface area contributed by atoms with Crippen LogP contribution in [0.5, 0.6) is 11.6 Å². The van der Waals surface area contributed by atoms with Crippen molar-refractivity contribution in [3.63, 3.8) is 0 Å². The highest BCUT2D eigenvalue weighted by molar-refractivity contribution is 5.35. The van der Waals surface area contributed by atoms with E-state index in [2.05, 4.69) is 4.98 Å². The maximum atomic E-state index is 13.3. The molecular weight excluding hydrogens is 219 g/mol. The molecule has 3 nitrogen and oxygen atoms in total. The van der Waals surface area contributed by atoms with Gasteiger partial charge in [-0.15, -0.1) is 0 Å². The highest BCUT2D eigenvalue weighted by Crippen LogP contribution is 2.22. The zero-order valence-corrected chi connectivity index (χ0v) is 9.14. The minimum absolute atomic E-state index is 0.271. The Kier molecular flexibility index (Phi) is 3.01. The summed E-state index contributed by atoms with van der Waals surface area (Å²) in [5.41, 5.74) is 0.999. The minimum atomic E-state index is -0.334.